The van der Waals surface area contributed by atoms with Gasteiger partial charge in [0, 0.05) is 22.9 Å². The summed E-state index contributed by atoms with van der Waals surface area (Å²) in [5, 5.41) is 8.01. The summed E-state index contributed by atoms with van der Waals surface area (Å²) in [4.78, 5) is 35.6. The van der Waals surface area contributed by atoms with E-state index >= 15 is 0 Å². The van der Waals surface area contributed by atoms with Gasteiger partial charge in [0.25, 0.3) is 11.8 Å². The van der Waals surface area contributed by atoms with Gasteiger partial charge in [-0.25, -0.2) is 0 Å². The predicted octanol–water partition coefficient (Wildman–Crippen LogP) is 2.19. The third-order valence-corrected chi connectivity index (χ3v) is 3.30. The highest BCUT2D eigenvalue weighted by Gasteiger charge is 2.10. The molecule has 3 amide bonds. The largest absolute Gasteiger partial charge is 0.352 e. The number of hydrogen-bond donors (Lipinski definition) is 3. The van der Waals surface area contributed by atoms with Crippen LogP contribution in [0.4, 0.5) is 5.69 Å². The first kappa shape index (κ1) is 18.2. The maximum Gasteiger partial charge on any atom is 0.255 e. The van der Waals surface area contributed by atoms with Crippen LogP contribution in [0.2, 0.25) is 0 Å². The van der Waals surface area contributed by atoms with E-state index in [0.717, 1.165) is 0 Å². The van der Waals surface area contributed by atoms with E-state index < -0.39 is 0 Å². The lowest BCUT2D eigenvalue weighted by Gasteiger charge is -2.10. The van der Waals surface area contributed by atoms with Crippen LogP contribution in [0.15, 0.2) is 54.6 Å². The summed E-state index contributed by atoms with van der Waals surface area (Å²) in [6.07, 6.45) is 0. The molecule has 0 aromatic heterocycles. The lowest BCUT2D eigenvalue weighted by molar-refractivity contribution is -0.120. The fourth-order valence-corrected chi connectivity index (χ4v) is 2.13. The summed E-state index contributed by atoms with van der Waals surface area (Å²) >= 11 is 0. The Morgan fingerprint density at radius 2 is 1.44 bits per heavy atom. The van der Waals surface area contributed by atoms with Crippen LogP contribution in [0.5, 0.6) is 0 Å². The molecule has 0 heterocycles. The Balaban J connectivity index is 1.90. The standard InChI is InChI=1S/C19H21N3O3/c1-13(2)21-17(23)12-20-18(24)15-8-10-16(11-9-15)22-19(25)14-6-4-3-5-7-14/h3-11,13H,12H2,1-2H3,(H,20,24)(H,21,23)(H,22,25). The van der Waals surface area contributed by atoms with Crippen LogP contribution in [0.3, 0.4) is 0 Å². The number of amides is 3. The van der Waals surface area contributed by atoms with Gasteiger partial charge in [0.15, 0.2) is 0 Å². The lowest BCUT2D eigenvalue weighted by Crippen LogP contribution is -2.39. The molecule has 0 saturated carbocycles. The van der Waals surface area contributed by atoms with Crippen LogP contribution in [0.25, 0.3) is 0 Å². The van der Waals surface area contributed by atoms with E-state index in [0.29, 0.717) is 16.8 Å². The molecule has 0 fully saturated rings. The van der Waals surface area contributed by atoms with Crippen LogP contribution in [-0.4, -0.2) is 30.3 Å². The molecular weight excluding hydrogens is 318 g/mol. The number of benzene rings is 2. The summed E-state index contributed by atoms with van der Waals surface area (Å²) in [7, 11) is 0. The second kappa shape index (κ2) is 8.63. The van der Waals surface area contributed by atoms with Crippen molar-refractivity contribution in [3.05, 3.63) is 65.7 Å². The lowest BCUT2D eigenvalue weighted by atomic mass is 10.1. The Morgan fingerprint density at radius 1 is 0.840 bits per heavy atom. The van der Waals surface area contributed by atoms with Gasteiger partial charge in [-0.05, 0) is 50.2 Å². The quantitative estimate of drug-likeness (QED) is 0.754. The topological polar surface area (TPSA) is 87.3 Å². The van der Waals surface area contributed by atoms with E-state index in [-0.39, 0.29) is 30.3 Å². The molecule has 6 heteroatoms. The van der Waals surface area contributed by atoms with Crippen molar-refractivity contribution in [1.29, 1.82) is 0 Å². The van der Waals surface area contributed by atoms with Crippen molar-refractivity contribution in [3.8, 4) is 0 Å². The van der Waals surface area contributed by atoms with Crippen molar-refractivity contribution in [2.45, 2.75) is 19.9 Å². The number of carbonyl (C=O) groups is 3. The fourth-order valence-electron chi connectivity index (χ4n) is 2.13. The average Bonchev–Trinajstić information content (AvgIpc) is 2.60. The summed E-state index contributed by atoms with van der Waals surface area (Å²) in [6, 6.07) is 15.4. The first-order chi connectivity index (χ1) is 12.0. The Hall–Kier alpha value is -3.15. The van der Waals surface area contributed by atoms with Gasteiger partial charge in [0.1, 0.15) is 0 Å². The number of carbonyl (C=O) groups excluding carboxylic acids is 3. The van der Waals surface area contributed by atoms with Crippen LogP contribution >= 0.6 is 0 Å². The highest BCUT2D eigenvalue weighted by molar-refractivity contribution is 6.04. The summed E-state index contributed by atoms with van der Waals surface area (Å²) in [5.41, 5.74) is 1.55. The minimum absolute atomic E-state index is 0.0249. The third kappa shape index (κ3) is 5.76. The molecule has 0 unspecified atom stereocenters. The van der Waals surface area contributed by atoms with E-state index in [2.05, 4.69) is 16.0 Å². The Labute approximate surface area is 146 Å². The molecule has 3 N–H and O–H groups in total. The molecule has 25 heavy (non-hydrogen) atoms. The van der Waals surface area contributed by atoms with Crippen molar-refractivity contribution in [3.63, 3.8) is 0 Å². The first-order valence-electron chi connectivity index (χ1n) is 7.99. The second-order valence-corrected chi connectivity index (χ2v) is 5.80. The average molecular weight is 339 g/mol. The molecule has 2 aromatic carbocycles. The zero-order valence-electron chi connectivity index (χ0n) is 14.2. The van der Waals surface area contributed by atoms with Crippen LogP contribution in [0.1, 0.15) is 34.6 Å². The monoisotopic (exact) mass is 339 g/mol. The van der Waals surface area contributed by atoms with E-state index in [9.17, 15) is 14.4 Å². The van der Waals surface area contributed by atoms with Crippen molar-refractivity contribution < 1.29 is 14.4 Å². The zero-order valence-corrected chi connectivity index (χ0v) is 14.2. The van der Waals surface area contributed by atoms with Crippen LogP contribution < -0.4 is 16.0 Å². The van der Waals surface area contributed by atoms with Crippen molar-refractivity contribution in [2.24, 2.45) is 0 Å². The molecule has 0 atom stereocenters. The highest BCUT2D eigenvalue weighted by Crippen LogP contribution is 2.11. The molecule has 130 valence electrons. The summed E-state index contributed by atoms with van der Waals surface area (Å²) in [6.45, 7) is 3.62. The molecule has 0 aliphatic heterocycles. The minimum atomic E-state index is -0.347. The molecule has 0 aliphatic carbocycles. The number of hydrogen-bond acceptors (Lipinski definition) is 3. The molecule has 0 spiro atoms. The van der Waals surface area contributed by atoms with Crippen molar-refractivity contribution in [1.82, 2.24) is 10.6 Å². The second-order valence-electron chi connectivity index (χ2n) is 5.80. The third-order valence-electron chi connectivity index (χ3n) is 3.30. The predicted molar refractivity (Wildman–Crippen MR) is 96.4 cm³/mol. The van der Waals surface area contributed by atoms with Crippen molar-refractivity contribution in [2.75, 3.05) is 11.9 Å². The molecule has 0 saturated heterocycles. The van der Waals surface area contributed by atoms with Crippen LogP contribution in [-0.2, 0) is 4.79 Å². The van der Waals surface area contributed by atoms with Gasteiger partial charge >= 0.3 is 0 Å². The normalized spacial score (nSPS) is 10.2. The van der Waals surface area contributed by atoms with E-state index in [1.54, 1.807) is 48.5 Å². The van der Waals surface area contributed by atoms with Crippen LogP contribution in [0, 0.1) is 0 Å². The van der Waals surface area contributed by atoms with Gasteiger partial charge in [0.05, 0.1) is 6.54 Å². The number of anilines is 1. The molecule has 0 aliphatic rings. The number of rotatable bonds is 6. The minimum Gasteiger partial charge on any atom is -0.352 e. The van der Waals surface area contributed by atoms with E-state index in [4.69, 9.17) is 0 Å². The summed E-state index contributed by atoms with van der Waals surface area (Å²) in [5.74, 6) is -0.807. The fraction of sp³-hybridized carbons (Fsp3) is 0.211. The Morgan fingerprint density at radius 3 is 2.04 bits per heavy atom. The molecule has 0 radical (unpaired) electrons. The number of nitrogens with one attached hydrogen (secondary N) is 3. The molecule has 2 aromatic rings. The SMILES string of the molecule is CC(C)NC(=O)CNC(=O)c1ccc(NC(=O)c2ccccc2)cc1. The smallest absolute Gasteiger partial charge is 0.255 e. The van der Waals surface area contributed by atoms with Crippen molar-refractivity contribution >= 4 is 23.4 Å². The maximum atomic E-state index is 12.1. The van der Waals surface area contributed by atoms with Gasteiger partial charge in [-0.2, -0.15) is 0 Å². The molecule has 6 nitrogen and oxygen atoms in total. The van der Waals surface area contributed by atoms with E-state index in [1.807, 2.05) is 19.9 Å². The summed E-state index contributed by atoms with van der Waals surface area (Å²) < 4.78 is 0. The highest BCUT2D eigenvalue weighted by atomic mass is 16.2. The Kier molecular flexibility index (Phi) is 6.28. The molecule has 2 rings (SSSR count). The van der Waals surface area contributed by atoms with E-state index in [1.165, 1.54) is 0 Å². The first-order valence-corrected chi connectivity index (χ1v) is 7.99. The molecular formula is C19H21N3O3. The Bertz CT molecular complexity index is 740. The van der Waals surface area contributed by atoms with Gasteiger partial charge in [-0.3, -0.25) is 14.4 Å². The van der Waals surface area contributed by atoms with Gasteiger partial charge in [-0.15, -0.1) is 0 Å². The van der Waals surface area contributed by atoms with Gasteiger partial charge < -0.3 is 16.0 Å². The van der Waals surface area contributed by atoms with Gasteiger partial charge in [0.2, 0.25) is 5.91 Å². The van der Waals surface area contributed by atoms with Gasteiger partial charge in [-0.1, -0.05) is 18.2 Å². The zero-order chi connectivity index (χ0) is 18.2. The molecule has 0 bridgehead atoms. The maximum absolute atomic E-state index is 12.1.